The van der Waals surface area contributed by atoms with Gasteiger partial charge >= 0.3 is 5.97 Å². The van der Waals surface area contributed by atoms with Gasteiger partial charge in [-0.2, -0.15) is 0 Å². The highest BCUT2D eigenvalue weighted by atomic mass is 16.6. The van der Waals surface area contributed by atoms with Gasteiger partial charge in [-0.15, -0.1) is 0 Å². The first-order valence-corrected chi connectivity index (χ1v) is 6.83. The number of methoxy groups -OCH3 is 1. The summed E-state index contributed by atoms with van der Waals surface area (Å²) >= 11 is 0. The largest absolute Gasteiger partial charge is 0.465 e. The topological polar surface area (TPSA) is 48.1 Å². The Bertz CT molecular complexity index is 317. The highest BCUT2D eigenvalue weighted by molar-refractivity contribution is 5.73. The number of epoxide rings is 1. The average molecular weight is 256 g/mol. The van der Waals surface area contributed by atoms with Crippen LogP contribution in [0.1, 0.15) is 40.0 Å². The zero-order chi connectivity index (χ0) is 13.3. The standard InChI is InChI=1S/C14H24O4/c1-9-8-14(3)12(18-14)7-11(9)13(15)17-6-5-10(2)16-4/h9-12H,5-8H2,1-4H3. The summed E-state index contributed by atoms with van der Waals surface area (Å²) < 4.78 is 16.1. The predicted molar refractivity (Wildman–Crippen MR) is 67.2 cm³/mol. The van der Waals surface area contributed by atoms with Gasteiger partial charge in [0.2, 0.25) is 0 Å². The van der Waals surface area contributed by atoms with Crippen molar-refractivity contribution in [2.45, 2.75) is 57.8 Å². The molecule has 18 heavy (non-hydrogen) atoms. The second kappa shape index (κ2) is 5.17. The number of hydrogen-bond donors (Lipinski definition) is 0. The molecule has 0 aromatic heterocycles. The van der Waals surface area contributed by atoms with Crippen molar-refractivity contribution >= 4 is 5.97 Å². The van der Waals surface area contributed by atoms with E-state index in [0.29, 0.717) is 12.5 Å². The SMILES string of the molecule is COC(C)CCOC(=O)C1CC2OC2(C)CC1C. The van der Waals surface area contributed by atoms with Crippen LogP contribution in [0.2, 0.25) is 0 Å². The molecule has 0 radical (unpaired) electrons. The molecule has 1 saturated carbocycles. The van der Waals surface area contributed by atoms with Crippen molar-refractivity contribution in [1.82, 2.24) is 0 Å². The molecular formula is C14H24O4. The molecule has 0 spiro atoms. The second-order valence-electron chi connectivity index (χ2n) is 5.95. The fraction of sp³-hybridized carbons (Fsp3) is 0.929. The fourth-order valence-electron chi connectivity index (χ4n) is 2.89. The van der Waals surface area contributed by atoms with Crippen LogP contribution in [0.5, 0.6) is 0 Å². The van der Waals surface area contributed by atoms with E-state index >= 15 is 0 Å². The van der Waals surface area contributed by atoms with Crippen molar-refractivity contribution in [3.8, 4) is 0 Å². The van der Waals surface area contributed by atoms with Crippen molar-refractivity contribution in [2.75, 3.05) is 13.7 Å². The van der Waals surface area contributed by atoms with Crippen molar-refractivity contribution in [1.29, 1.82) is 0 Å². The van der Waals surface area contributed by atoms with Crippen molar-refractivity contribution in [3.05, 3.63) is 0 Å². The second-order valence-corrected chi connectivity index (χ2v) is 5.95. The Morgan fingerprint density at radius 2 is 2.28 bits per heavy atom. The zero-order valence-electron chi connectivity index (χ0n) is 11.8. The maximum Gasteiger partial charge on any atom is 0.309 e. The lowest BCUT2D eigenvalue weighted by atomic mass is 9.75. The van der Waals surface area contributed by atoms with Crippen LogP contribution < -0.4 is 0 Å². The molecule has 1 saturated heterocycles. The van der Waals surface area contributed by atoms with E-state index in [9.17, 15) is 4.79 Å². The van der Waals surface area contributed by atoms with Crippen LogP contribution in [0.25, 0.3) is 0 Å². The number of carbonyl (C=O) groups excluding carboxylic acids is 1. The minimum Gasteiger partial charge on any atom is -0.465 e. The average Bonchev–Trinajstić information content (AvgIpc) is 2.97. The predicted octanol–water partition coefficient (Wildman–Crippen LogP) is 2.16. The minimum atomic E-state index is -0.0663. The van der Waals surface area contributed by atoms with Gasteiger partial charge in [0.25, 0.3) is 0 Å². The lowest BCUT2D eigenvalue weighted by Crippen LogP contribution is -2.34. The summed E-state index contributed by atoms with van der Waals surface area (Å²) in [6.07, 6.45) is 2.93. The molecule has 5 unspecified atom stereocenters. The summed E-state index contributed by atoms with van der Waals surface area (Å²) in [4.78, 5) is 12.0. The first kappa shape index (κ1) is 13.8. The van der Waals surface area contributed by atoms with Crippen LogP contribution in [0.15, 0.2) is 0 Å². The number of esters is 1. The van der Waals surface area contributed by atoms with Gasteiger partial charge in [0.05, 0.1) is 30.3 Å². The summed E-state index contributed by atoms with van der Waals surface area (Å²) in [7, 11) is 1.67. The van der Waals surface area contributed by atoms with Gasteiger partial charge in [-0.25, -0.2) is 0 Å². The van der Waals surface area contributed by atoms with Gasteiger partial charge in [-0.05, 0) is 32.6 Å². The lowest BCUT2D eigenvalue weighted by Gasteiger charge is -2.27. The third-order valence-corrected chi connectivity index (χ3v) is 4.39. The normalized spacial score (nSPS) is 39.9. The van der Waals surface area contributed by atoms with E-state index in [0.717, 1.165) is 19.3 Å². The molecule has 4 heteroatoms. The first-order valence-electron chi connectivity index (χ1n) is 6.83. The summed E-state index contributed by atoms with van der Waals surface area (Å²) in [5, 5.41) is 0. The quantitative estimate of drug-likeness (QED) is 0.558. The van der Waals surface area contributed by atoms with Crippen LogP contribution in [0.3, 0.4) is 0 Å². The summed E-state index contributed by atoms with van der Waals surface area (Å²) in [5.41, 5.74) is 0.0424. The van der Waals surface area contributed by atoms with Gasteiger partial charge in [0, 0.05) is 13.5 Å². The smallest absolute Gasteiger partial charge is 0.309 e. The van der Waals surface area contributed by atoms with Crippen LogP contribution in [-0.2, 0) is 19.0 Å². The number of carbonyl (C=O) groups is 1. The minimum absolute atomic E-state index is 0.00317. The molecule has 104 valence electrons. The molecule has 2 rings (SSSR count). The van der Waals surface area contributed by atoms with E-state index in [1.54, 1.807) is 7.11 Å². The Labute approximate surface area is 109 Å². The molecule has 1 aliphatic heterocycles. The van der Waals surface area contributed by atoms with Crippen molar-refractivity contribution in [2.24, 2.45) is 11.8 Å². The molecule has 0 N–H and O–H groups in total. The zero-order valence-corrected chi connectivity index (χ0v) is 11.8. The Balaban J connectivity index is 1.75. The highest BCUT2D eigenvalue weighted by Crippen LogP contribution is 2.51. The maximum absolute atomic E-state index is 12.0. The van der Waals surface area contributed by atoms with E-state index in [-0.39, 0.29) is 29.7 Å². The van der Waals surface area contributed by atoms with E-state index < -0.39 is 0 Å². The van der Waals surface area contributed by atoms with Crippen LogP contribution in [-0.4, -0.2) is 37.5 Å². The van der Waals surface area contributed by atoms with Gasteiger partial charge in [0.1, 0.15) is 0 Å². The Morgan fingerprint density at radius 1 is 1.56 bits per heavy atom. The maximum atomic E-state index is 12.0. The number of hydrogen-bond acceptors (Lipinski definition) is 4. The molecule has 5 atom stereocenters. The molecular weight excluding hydrogens is 232 g/mol. The van der Waals surface area contributed by atoms with Gasteiger partial charge < -0.3 is 14.2 Å². The monoisotopic (exact) mass is 256 g/mol. The molecule has 0 aromatic rings. The Kier molecular flexibility index (Phi) is 3.97. The molecule has 0 amide bonds. The molecule has 4 nitrogen and oxygen atoms in total. The van der Waals surface area contributed by atoms with Gasteiger partial charge in [-0.3, -0.25) is 4.79 Å². The molecule has 1 heterocycles. The van der Waals surface area contributed by atoms with E-state index in [2.05, 4.69) is 13.8 Å². The fourth-order valence-corrected chi connectivity index (χ4v) is 2.89. The third-order valence-electron chi connectivity index (χ3n) is 4.39. The Morgan fingerprint density at radius 3 is 2.94 bits per heavy atom. The molecule has 0 aromatic carbocycles. The van der Waals surface area contributed by atoms with E-state index in [1.165, 1.54) is 0 Å². The van der Waals surface area contributed by atoms with Crippen LogP contribution >= 0.6 is 0 Å². The summed E-state index contributed by atoms with van der Waals surface area (Å²) in [5.74, 6) is 0.285. The molecule has 1 aliphatic carbocycles. The van der Waals surface area contributed by atoms with E-state index in [1.807, 2.05) is 6.92 Å². The lowest BCUT2D eigenvalue weighted by molar-refractivity contribution is -0.152. The first-order chi connectivity index (χ1) is 8.46. The number of rotatable bonds is 5. The number of ether oxygens (including phenoxy) is 3. The van der Waals surface area contributed by atoms with Gasteiger partial charge in [-0.1, -0.05) is 6.92 Å². The number of fused-ring (bicyclic) bond motifs is 1. The van der Waals surface area contributed by atoms with Crippen molar-refractivity contribution in [3.63, 3.8) is 0 Å². The third kappa shape index (κ3) is 2.86. The Hall–Kier alpha value is -0.610. The molecule has 2 aliphatic rings. The van der Waals surface area contributed by atoms with Crippen LogP contribution in [0.4, 0.5) is 0 Å². The van der Waals surface area contributed by atoms with Crippen LogP contribution in [0, 0.1) is 11.8 Å². The summed E-state index contributed by atoms with van der Waals surface area (Å²) in [6.45, 7) is 6.67. The van der Waals surface area contributed by atoms with E-state index in [4.69, 9.17) is 14.2 Å². The molecule has 0 bridgehead atoms. The highest BCUT2D eigenvalue weighted by Gasteiger charge is 2.58. The summed E-state index contributed by atoms with van der Waals surface area (Å²) in [6, 6.07) is 0. The van der Waals surface area contributed by atoms with Crippen molar-refractivity contribution < 1.29 is 19.0 Å². The van der Waals surface area contributed by atoms with Gasteiger partial charge in [0.15, 0.2) is 0 Å². The molecule has 2 fully saturated rings.